The van der Waals surface area contributed by atoms with Crippen molar-refractivity contribution < 1.29 is 27.9 Å². The van der Waals surface area contributed by atoms with Crippen LogP contribution in [-0.2, 0) is 16.1 Å². The second-order valence-corrected chi connectivity index (χ2v) is 7.66. The number of aromatic amines is 1. The summed E-state index contributed by atoms with van der Waals surface area (Å²) in [6.45, 7) is 7.27. The fourth-order valence-electron chi connectivity index (χ4n) is 3.18. The van der Waals surface area contributed by atoms with Crippen molar-refractivity contribution in [2.24, 2.45) is 0 Å². The van der Waals surface area contributed by atoms with Crippen LogP contribution in [0.25, 0.3) is 11.4 Å². The van der Waals surface area contributed by atoms with Gasteiger partial charge >= 0.3 is 12.1 Å². The minimum absolute atomic E-state index is 0.0917. The van der Waals surface area contributed by atoms with E-state index in [-0.39, 0.29) is 11.5 Å². The molecule has 34 heavy (non-hydrogen) atoms. The molecule has 1 aliphatic rings. The molecule has 3 N–H and O–H groups in total. The molecule has 2 aromatic rings. The van der Waals surface area contributed by atoms with Crippen molar-refractivity contribution >= 4 is 11.9 Å². The summed E-state index contributed by atoms with van der Waals surface area (Å²) in [6.07, 6.45) is -4.13. The Kier molecular flexibility index (Phi) is 10.2. The Morgan fingerprint density at radius 2 is 1.71 bits per heavy atom. The van der Waals surface area contributed by atoms with Crippen LogP contribution in [0.5, 0.6) is 0 Å². The summed E-state index contributed by atoms with van der Waals surface area (Å²) < 4.78 is 31.7. The highest BCUT2D eigenvalue weighted by molar-refractivity contribution is 5.78. The lowest BCUT2D eigenvalue weighted by Gasteiger charge is -2.34. The molecule has 0 spiro atoms. The third-order valence-electron chi connectivity index (χ3n) is 4.87. The Balaban J connectivity index is 0.000000509. The number of piperazine rings is 1. The van der Waals surface area contributed by atoms with Crippen molar-refractivity contribution in [2.75, 3.05) is 39.3 Å². The lowest BCUT2D eigenvalue weighted by molar-refractivity contribution is -0.192. The lowest BCUT2D eigenvalue weighted by Crippen LogP contribution is -2.49. The molecule has 0 aliphatic carbocycles. The van der Waals surface area contributed by atoms with Gasteiger partial charge in [-0.3, -0.25) is 19.4 Å². The number of halogens is 3. The summed E-state index contributed by atoms with van der Waals surface area (Å²) in [4.78, 5) is 44.6. The summed E-state index contributed by atoms with van der Waals surface area (Å²) in [5.74, 6) is -2.06. The number of carbonyl (C=O) groups is 2. The largest absolute Gasteiger partial charge is 0.490 e. The molecule has 2 heterocycles. The summed E-state index contributed by atoms with van der Waals surface area (Å²) >= 11 is 0. The van der Waals surface area contributed by atoms with Gasteiger partial charge in [-0.2, -0.15) is 13.2 Å². The number of carboxylic acids is 1. The lowest BCUT2D eigenvalue weighted by atomic mass is 10.2. The van der Waals surface area contributed by atoms with Gasteiger partial charge in [0.05, 0.1) is 12.2 Å². The molecule has 0 bridgehead atoms. The van der Waals surface area contributed by atoms with E-state index in [9.17, 15) is 22.8 Å². The Hall–Kier alpha value is -3.25. The van der Waals surface area contributed by atoms with E-state index >= 15 is 0 Å². The van der Waals surface area contributed by atoms with Crippen molar-refractivity contribution in [1.29, 1.82) is 0 Å². The SMILES string of the molecule is CCCNC(=O)CN1CCN(Cc2cc(=O)[nH]c(-c3ccccc3)n2)CC1.O=C(O)C(F)(F)F. The first-order valence-corrected chi connectivity index (χ1v) is 10.8. The predicted molar refractivity (Wildman–Crippen MR) is 119 cm³/mol. The minimum atomic E-state index is -5.08. The van der Waals surface area contributed by atoms with Crippen LogP contribution in [0.2, 0.25) is 0 Å². The second-order valence-electron chi connectivity index (χ2n) is 7.66. The number of carboxylic acid groups (broad SMARTS) is 1. The van der Waals surface area contributed by atoms with Gasteiger partial charge in [-0.05, 0) is 6.42 Å². The van der Waals surface area contributed by atoms with Gasteiger partial charge in [-0.15, -0.1) is 0 Å². The quantitative estimate of drug-likeness (QED) is 0.549. The third-order valence-corrected chi connectivity index (χ3v) is 4.87. The van der Waals surface area contributed by atoms with E-state index in [1.54, 1.807) is 6.07 Å². The summed E-state index contributed by atoms with van der Waals surface area (Å²) in [7, 11) is 0. The number of hydrogen-bond donors (Lipinski definition) is 3. The zero-order valence-corrected chi connectivity index (χ0v) is 18.8. The third kappa shape index (κ3) is 9.32. The molecular weight excluding hydrogens is 455 g/mol. The maximum atomic E-state index is 12.0. The van der Waals surface area contributed by atoms with Crippen LogP contribution < -0.4 is 10.9 Å². The number of carbonyl (C=O) groups excluding carboxylic acids is 1. The van der Waals surface area contributed by atoms with Crippen molar-refractivity contribution in [3.63, 3.8) is 0 Å². The molecule has 0 atom stereocenters. The van der Waals surface area contributed by atoms with Gasteiger partial charge < -0.3 is 15.4 Å². The first-order chi connectivity index (χ1) is 16.1. The summed E-state index contributed by atoms with van der Waals surface area (Å²) in [5, 5.41) is 10.0. The number of nitrogens with one attached hydrogen (secondary N) is 2. The number of hydrogen-bond acceptors (Lipinski definition) is 6. The fourth-order valence-corrected chi connectivity index (χ4v) is 3.18. The zero-order chi connectivity index (χ0) is 25.1. The number of nitrogens with zero attached hydrogens (tertiary/aromatic N) is 3. The van der Waals surface area contributed by atoms with E-state index in [4.69, 9.17) is 9.90 Å². The molecule has 0 radical (unpaired) electrons. The molecule has 186 valence electrons. The van der Waals surface area contributed by atoms with E-state index in [0.29, 0.717) is 18.9 Å². The molecule has 12 heteroatoms. The monoisotopic (exact) mass is 483 g/mol. The molecule has 1 amide bonds. The van der Waals surface area contributed by atoms with Gasteiger partial charge in [0.1, 0.15) is 5.82 Å². The van der Waals surface area contributed by atoms with Crippen LogP contribution in [0.15, 0.2) is 41.2 Å². The van der Waals surface area contributed by atoms with Crippen molar-refractivity contribution in [3.8, 4) is 11.4 Å². The van der Waals surface area contributed by atoms with Gasteiger partial charge in [0, 0.05) is 50.9 Å². The average molecular weight is 483 g/mol. The van der Waals surface area contributed by atoms with E-state index in [1.807, 2.05) is 37.3 Å². The number of aliphatic carboxylic acids is 1. The average Bonchev–Trinajstić information content (AvgIpc) is 2.79. The van der Waals surface area contributed by atoms with E-state index < -0.39 is 12.1 Å². The van der Waals surface area contributed by atoms with Gasteiger partial charge in [0.2, 0.25) is 5.91 Å². The first-order valence-electron chi connectivity index (χ1n) is 10.8. The Morgan fingerprint density at radius 3 is 2.26 bits per heavy atom. The van der Waals surface area contributed by atoms with Crippen LogP contribution in [0.1, 0.15) is 19.0 Å². The van der Waals surface area contributed by atoms with Crippen LogP contribution in [0.4, 0.5) is 13.2 Å². The fraction of sp³-hybridized carbons (Fsp3) is 0.455. The van der Waals surface area contributed by atoms with Gasteiger partial charge in [-0.1, -0.05) is 37.3 Å². The van der Waals surface area contributed by atoms with Crippen LogP contribution >= 0.6 is 0 Å². The van der Waals surface area contributed by atoms with Crippen LogP contribution in [0, 0.1) is 0 Å². The van der Waals surface area contributed by atoms with Gasteiger partial charge in [0.15, 0.2) is 0 Å². The summed E-state index contributed by atoms with van der Waals surface area (Å²) in [6, 6.07) is 11.2. The number of rotatable bonds is 7. The first kappa shape index (κ1) is 27.0. The normalized spacial score (nSPS) is 14.7. The minimum Gasteiger partial charge on any atom is -0.475 e. The maximum Gasteiger partial charge on any atom is 0.490 e. The van der Waals surface area contributed by atoms with Crippen molar-refractivity contribution in [3.05, 3.63) is 52.4 Å². The zero-order valence-electron chi connectivity index (χ0n) is 18.8. The highest BCUT2D eigenvalue weighted by Gasteiger charge is 2.38. The summed E-state index contributed by atoms with van der Waals surface area (Å²) in [5.41, 5.74) is 1.54. The van der Waals surface area contributed by atoms with Crippen molar-refractivity contribution in [1.82, 2.24) is 25.1 Å². The Morgan fingerprint density at radius 1 is 1.12 bits per heavy atom. The highest BCUT2D eigenvalue weighted by Crippen LogP contribution is 2.14. The number of amides is 1. The van der Waals surface area contributed by atoms with Crippen molar-refractivity contribution in [2.45, 2.75) is 26.1 Å². The molecule has 9 nitrogen and oxygen atoms in total. The highest BCUT2D eigenvalue weighted by atomic mass is 19.4. The van der Waals surface area contributed by atoms with Crippen LogP contribution in [0.3, 0.4) is 0 Å². The molecule has 0 saturated carbocycles. The molecule has 1 aromatic heterocycles. The van der Waals surface area contributed by atoms with E-state index in [2.05, 4.69) is 25.1 Å². The smallest absolute Gasteiger partial charge is 0.475 e. The molecule has 3 rings (SSSR count). The molecular formula is C22H28F3N5O4. The predicted octanol–water partition coefficient (Wildman–Crippen LogP) is 1.71. The molecule has 1 fully saturated rings. The molecule has 1 aromatic carbocycles. The number of alkyl halides is 3. The molecule has 1 aliphatic heterocycles. The Bertz CT molecular complexity index is 990. The van der Waals surface area contributed by atoms with E-state index in [1.165, 1.54) is 0 Å². The molecule has 1 saturated heterocycles. The maximum absolute atomic E-state index is 12.0. The second kappa shape index (κ2) is 12.8. The topological polar surface area (TPSA) is 119 Å². The van der Waals surface area contributed by atoms with Gasteiger partial charge in [-0.25, -0.2) is 9.78 Å². The van der Waals surface area contributed by atoms with Gasteiger partial charge in [0.25, 0.3) is 5.56 Å². The molecule has 0 unspecified atom stereocenters. The number of H-pyrrole nitrogens is 1. The van der Waals surface area contributed by atoms with Crippen LogP contribution in [-0.4, -0.2) is 82.2 Å². The Labute approximate surface area is 194 Å². The number of aromatic nitrogens is 2. The number of benzene rings is 1. The standard InChI is InChI=1S/C20H27N5O2.C2HF3O2/c1-2-8-21-19(27)15-25-11-9-24(10-12-25)14-17-13-18(26)23-20(22-17)16-6-4-3-5-7-16;3-2(4,5)1(6)7/h3-7,13H,2,8-12,14-15H2,1H3,(H,21,27)(H,22,23,26);(H,6,7). The van der Waals surface area contributed by atoms with E-state index in [0.717, 1.165) is 50.4 Å².